The maximum absolute atomic E-state index is 14.0. The molecule has 4 amide bonds. The van der Waals surface area contributed by atoms with Gasteiger partial charge in [0.1, 0.15) is 30.3 Å². The number of carbonyl (C=O) groups is 5. The van der Waals surface area contributed by atoms with E-state index in [4.69, 9.17) is 9.47 Å². The average Bonchev–Trinajstić information content (AvgIpc) is 3.27. The third-order valence-corrected chi connectivity index (χ3v) is 8.90. The Kier molecular flexibility index (Phi) is 8.84. The number of amides is 4. The van der Waals surface area contributed by atoms with Crippen molar-refractivity contribution in [2.75, 3.05) is 26.8 Å². The van der Waals surface area contributed by atoms with Gasteiger partial charge < -0.3 is 30.3 Å². The normalized spacial score (nSPS) is 25.5. The van der Waals surface area contributed by atoms with Gasteiger partial charge in [0.15, 0.2) is 5.78 Å². The maximum Gasteiger partial charge on any atom is 0.407 e. The number of ether oxygens (including phenoxy) is 2. The number of methoxy groups -OCH3 is 1. The van der Waals surface area contributed by atoms with Crippen LogP contribution in [-0.2, 0) is 23.9 Å². The van der Waals surface area contributed by atoms with Gasteiger partial charge in [0.2, 0.25) is 17.7 Å². The molecule has 3 fully saturated rings. The van der Waals surface area contributed by atoms with Crippen molar-refractivity contribution in [3.63, 3.8) is 0 Å². The quantitative estimate of drug-likeness (QED) is 0.380. The van der Waals surface area contributed by atoms with Gasteiger partial charge in [-0.3, -0.25) is 19.2 Å². The number of alkyl carbamates (subject to hydrolysis) is 1. The molecule has 1 aromatic rings. The van der Waals surface area contributed by atoms with E-state index in [1.165, 1.54) is 36.3 Å². The molecular formula is C30H41FN4O7. The van der Waals surface area contributed by atoms with Crippen molar-refractivity contribution in [2.45, 2.75) is 65.6 Å². The summed E-state index contributed by atoms with van der Waals surface area (Å²) >= 11 is 0. The molecule has 3 N–H and O–H groups in total. The fourth-order valence-electron chi connectivity index (χ4n) is 6.27. The molecule has 0 aromatic heterocycles. The molecule has 0 bridgehead atoms. The first-order valence-electron chi connectivity index (χ1n) is 14.3. The van der Waals surface area contributed by atoms with E-state index >= 15 is 0 Å². The second-order valence-electron chi connectivity index (χ2n) is 13.1. The summed E-state index contributed by atoms with van der Waals surface area (Å²) < 4.78 is 23.6. The Labute approximate surface area is 245 Å². The molecule has 0 radical (unpaired) electrons. The van der Waals surface area contributed by atoms with Crippen molar-refractivity contribution in [3.05, 3.63) is 30.1 Å². The predicted octanol–water partition coefficient (Wildman–Crippen LogP) is 2.04. The zero-order chi connectivity index (χ0) is 31.0. The van der Waals surface area contributed by atoms with Crippen molar-refractivity contribution in [2.24, 2.45) is 28.6 Å². The van der Waals surface area contributed by atoms with Crippen molar-refractivity contribution < 1.29 is 37.8 Å². The van der Waals surface area contributed by atoms with Gasteiger partial charge >= 0.3 is 6.09 Å². The Morgan fingerprint density at radius 1 is 1.14 bits per heavy atom. The highest BCUT2D eigenvalue weighted by Gasteiger charge is 2.70. The van der Waals surface area contributed by atoms with Crippen LogP contribution in [0.4, 0.5) is 9.18 Å². The highest BCUT2D eigenvalue weighted by atomic mass is 19.1. The Balaban J connectivity index is 1.55. The van der Waals surface area contributed by atoms with Crippen LogP contribution < -0.4 is 20.7 Å². The lowest BCUT2D eigenvalue weighted by Crippen LogP contribution is -2.60. The summed E-state index contributed by atoms with van der Waals surface area (Å²) in [6.45, 7) is 9.93. The molecule has 12 heteroatoms. The molecule has 2 saturated heterocycles. The van der Waals surface area contributed by atoms with E-state index in [0.29, 0.717) is 19.5 Å². The van der Waals surface area contributed by atoms with Gasteiger partial charge in [-0.1, -0.05) is 34.6 Å². The number of likely N-dealkylation sites (tertiary alicyclic amines) is 1. The van der Waals surface area contributed by atoms with Crippen LogP contribution in [0.1, 0.15) is 47.5 Å². The zero-order valence-corrected chi connectivity index (χ0v) is 25.0. The Morgan fingerprint density at radius 3 is 2.38 bits per heavy atom. The molecule has 0 spiro atoms. The molecule has 1 saturated carbocycles. The van der Waals surface area contributed by atoms with Crippen molar-refractivity contribution in [1.29, 1.82) is 0 Å². The summed E-state index contributed by atoms with van der Waals surface area (Å²) in [5.74, 6) is -2.23. The fraction of sp³-hybridized carbons (Fsp3) is 0.633. The number of rotatable bonds is 10. The monoisotopic (exact) mass is 588 g/mol. The van der Waals surface area contributed by atoms with Crippen LogP contribution in [-0.4, -0.2) is 79.4 Å². The smallest absolute Gasteiger partial charge is 0.407 e. The minimum atomic E-state index is -1.05. The fourth-order valence-corrected chi connectivity index (χ4v) is 6.27. The standard InChI is InChI=1S/C30H41FN4O7/c1-29(2,3)24(34-28(40)41-6)27(39)35-14-19-22(30(19,4)5)23(35)26(38)33-20(13-16-11-12-32-25(16)37)21(36)15-42-18-9-7-17(31)8-10-18/h7-10,16,19-20,22-24H,11-15H2,1-6H3,(H,32,37)(H,33,38)(H,34,40)/t16-,19-,20-,22-,23-,24+/m0/s1. The van der Waals surface area contributed by atoms with Crippen LogP contribution in [0.15, 0.2) is 24.3 Å². The van der Waals surface area contributed by atoms with E-state index in [1.54, 1.807) is 0 Å². The van der Waals surface area contributed by atoms with Crippen LogP contribution >= 0.6 is 0 Å². The summed E-state index contributed by atoms with van der Waals surface area (Å²) in [7, 11) is 1.21. The van der Waals surface area contributed by atoms with Crippen LogP contribution in [0.3, 0.4) is 0 Å². The topological polar surface area (TPSA) is 143 Å². The van der Waals surface area contributed by atoms with E-state index in [1.807, 2.05) is 34.6 Å². The largest absolute Gasteiger partial charge is 0.486 e. The second-order valence-corrected chi connectivity index (χ2v) is 13.1. The molecule has 2 aliphatic heterocycles. The highest BCUT2D eigenvalue weighted by Crippen LogP contribution is 2.65. The molecule has 11 nitrogen and oxygen atoms in total. The molecule has 1 aliphatic carbocycles. The maximum atomic E-state index is 14.0. The first-order chi connectivity index (χ1) is 19.6. The minimum absolute atomic E-state index is 0.0764. The highest BCUT2D eigenvalue weighted by molar-refractivity contribution is 5.96. The molecule has 2 heterocycles. The Bertz CT molecular complexity index is 1230. The molecule has 0 unspecified atom stereocenters. The van der Waals surface area contributed by atoms with Gasteiger partial charge in [-0.05, 0) is 59.8 Å². The molecule has 6 atom stereocenters. The number of piperidine rings is 1. The minimum Gasteiger partial charge on any atom is -0.486 e. The molecule has 42 heavy (non-hydrogen) atoms. The van der Waals surface area contributed by atoms with Crippen molar-refractivity contribution >= 4 is 29.6 Å². The molecule has 230 valence electrons. The third-order valence-electron chi connectivity index (χ3n) is 8.90. The van der Waals surface area contributed by atoms with Gasteiger partial charge in [-0.25, -0.2) is 9.18 Å². The van der Waals surface area contributed by atoms with Crippen molar-refractivity contribution in [1.82, 2.24) is 20.9 Å². The molecule has 4 rings (SSSR count). The molecular weight excluding hydrogens is 547 g/mol. The third kappa shape index (κ3) is 6.52. The Hall–Kier alpha value is -3.70. The number of nitrogens with zero attached hydrogens (tertiary/aromatic N) is 1. The lowest BCUT2D eigenvalue weighted by Gasteiger charge is -2.37. The van der Waals surface area contributed by atoms with E-state index in [-0.39, 0.29) is 35.3 Å². The van der Waals surface area contributed by atoms with Gasteiger partial charge in [-0.15, -0.1) is 0 Å². The van der Waals surface area contributed by atoms with Crippen LogP contribution in [0.2, 0.25) is 0 Å². The number of ketones is 1. The first kappa shape index (κ1) is 31.2. The number of fused-ring (bicyclic) bond motifs is 1. The van der Waals surface area contributed by atoms with E-state index in [9.17, 15) is 28.4 Å². The molecule has 3 aliphatic rings. The van der Waals surface area contributed by atoms with E-state index < -0.39 is 65.6 Å². The van der Waals surface area contributed by atoms with Crippen molar-refractivity contribution in [3.8, 4) is 5.75 Å². The van der Waals surface area contributed by atoms with Crippen LogP contribution in [0, 0.1) is 34.4 Å². The van der Waals surface area contributed by atoms with Crippen LogP contribution in [0.25, 0.3) is 0 Å². The lowest BCUT2D eigenvalue weighted by atomic mass is 9.85. The van der Waals surface area contributed by atoms with Gasteiger partial charge in [0.25, 0.3) is 0 Å². The zero-order valence-electron chi connectivity index (χ0n) is 25.0. The number of halogens is 1. The first-order valence-corrected chi connectivity index (χ1v) is 14.3. The van der Waals surface area contributed by atoms with Gasteiger partial charge in [-0.2, -0.15) is 0 Å². The van der Waals surface area contributed by atoms with Crippen LogP contribution in [0.5, 0.6) is 5.75 Å². The Morgan fingerprint density at radius 2 is 1.81 bits per heavy atom. The summed E-state index contributed by atoms with van der Waals surface area (Å²) in [4.78, 5) is 67.1. The van der Waals surface area contributed by atoms with E-state index in [0.717, 1.165) is 0 Å². The number of benzene rings is 1. The summed E-state index contributed by atoms with van der Waals surface area (Å²) in [6, 6.07) is 2.34. The average molecular weight is 589 g/mol. The number of hydrogen-bond donors (Lipinski definition) is 3. The van der Waals surface area contributed by atoms with Gasteiger partial charge in [0.05, 0.1) is 13.2 Å². The predicted molar refractivity (Wildman–Crippen MR) is 150 cm³/mol. The summed E-state index contributed by atoms with van der Waals surface area (Å²) in [5.41, 5.74) is -0.872. The summed E-state index contributed by atoms with van der Waals surface area (Å²) in [6.07, 6.45) is -0.151. The number of hydrogen-bond acceptors (Lipinski definition) is 7. The SMILES string of the molecule is COC(=O)N[C@H](C(=O)N1C[C@H]2[C@@H]([C@H]1C(=O)N[C@@H](C[C@@H]1CCNC1=O)C(=O)COc1ccc(F)cc1)C2(C)C)C(C)(C)C. The lowest BCUT2D eigenvalue weighted by molar-refractivity contribution is -0.144. The second kappa shape index (κ2) is 11.9. The molecule has 1 aromatic carbocycles. The van der Waals surface area contributed by atoms with E-state index in [2.05, 4.69) is 16.0 Å². The number of nitrogens with one attached hydrogen (secondary N) is 3. The number of Topliss-reactive ketones (excluding diaryl/α,β-unsaturated/α-hetero) is 1. The summed E-state index contributed by atoms with van der Waals surface area (Å²) in [5, 5.41) is 8.22. The van der Waals surface area contributed by atoms with Gasteiger partial charge in [0, 0.05) is 19.0 Å². The number of carbonyl (C=O) groups excluding carboxylic acids is 5.